The molecule has 1 heterocycles. The number of H-pyrrole nitrogens is 1. The zero-order valence-electron chi connectivity index (χ0n) is 9.52. The first kappa shape index (κ1) is 12.5. The Bertz CT molecular complexity index is 558. The number of nitrogens with zero attached hydrogens (tertiary/aromatic N) is 3. The fraction of sp³-hybridized carbons (Fsp3) is 0.182. The molecule has 0 atom stereocenters. The molecule has 5 nitrogen and oxygen atoms in total. The van der Waals surface area contributed by atoms with E-state index in [9.17, 15) is 9.18 Å². The van der Waals surface area contributed by atoms with Gasteiger partial charge in [-0.1, -0.05) is 11.6 Å². The molecule has 1 amide bonds. The van der Waals surface area contributed by atoms with Gasteiger partial charge in [-0.25, -0.2) is 9.37 Å². The molecular formula is C11H10ClFN4O. The van der Waals surface area contributed by atoms with Gasteiger partial charge < -0.3 is 4.90 Å². The maximum Gasteiger partial charge on any atom is 0.255 e. The molecule has 0 aliphatic carbocycles. The van der Waals surface area contributed by atoms with Crippen LogP contribution < -0.4 is 0 Å². The highest BCUT2D eigenvalue weighted by Gasteiger charge is 2.16. The summed E-state index contributed by atoms with van der Waals surface area (Å²) in [6.07, 6.45) is 1.36. The summed E-state index contributed by atoms with van der Waals surface area (Å²) in [6, 6.07) is 3.66. The van der Waals surface area contributed by atoms with Gasteiger partial charge in [0, 0.05) is 7.05 Å². The molecule has 2 rings (SSSR count). The maximum absolute atomic E-state index is 12.9. The summed E-state index contributed by atoms with van der Waals surface area (Å²) in [5.74, 6) is -0.227. The van der Waals surface area contributed by atoms with Crippen molar-refractivity contribution in [1.82, 2.24) is 20.1 Å². The average molecular weight is 269 g/mol. The minimum absolute atomic E-state index is 0.0874. The molecule has 0 bridgehead atoms. The topological polar surface area (TPSA) is 61.9 Å². The van der Waals surface area contributed by atoms with Crippen molar-refractivity contribution in [3.05, 3.63) is 46.8 Å². The zero-order chi connectivity index (χ0) is 13.1. The van der Waals surface area contributed by atoms with Crippen molar-refractivity contribution in [2.24, 2.45) is 0 Å². The second-order valence-electron chi connectivity index (χ2n) is 3.72. The van der Waals surface area contributed by atoms with Crippen molar-refractivity contribution in [2.75, 3.05) is 7.05 Å². The first-order valence-corrected chi connectivity index (χ1v) is 5.50. The van der Waals surface area contributed by atoms with Gasteiger partial charge in [0.1, 0.15) is 18.0 Å². The molecule has 0 aliphatic rings. The van der Waals surface area contributed by atoms with Crippen LogP contribution in [0.3, 0.4) is 0 Å². The Balaban J connectivity index is 2.15. The number of carbonyl (C=O) groups is 1. The smallest absolute Gasteiger partial charge is 0.255 e. The average Bonchev–Trinajstić information content (AvgIpc) is 2.81. The fourth-order valence-electron chi connectivity index (χ4n) is 1.47. The van der Waals surface area contributed by atoms with Crippen molar-refractivity contribution in [1.29, 1.82) is 0 Å². The highest BCUT2D eigenvalue weighted by atomic mass is 35.5. The van der Waals surface area contributed by atoms with E-state index in [0.29, 0.717) is 5.82 Å². The van der Waals surface area contributed by atoms with Crippen molar-refractivity contribution < 1.29 is 9.18 Å². The molecule has 1 N–H and O–H groups in total. The summed E-state index contributed by atoms with van der Waals surface area (Å²) >= 11 is 5.83. The molecule has 94 valence electrons. The summed E-state index contributed by atoms with van der Waals surface area (Å²) in [6.45, 7) is 0.270. The van der Waals surface area contributed by atoms with Crippen LogP contribution >= 0.6 is 11.6 Å². The summed E-state index contributed by atoms with van der Waals surface area (Å²) in [5.41, 5.74) is 0.250. The molecule has 0 radical (unpaired) electrons. The standard InChI is InChI=1S/C11H10ClFN4O/c1-17(5-10-14-6-15-16-10)11(18)8-3-2-7(13)4-9(8)12/h2-4,6H,5H2,1H3,(H,14,15,16). The van der Waals surface area contributed by atoms with Gasteiger partial charge >= 0.3 is 0 Å². The zero-order valence-corrected chi connectivity index (χ0v) is 10.3. The molecule has 0 aliphatic heterocycles. The number of hydrogen-bond donors (Lipinski definition) is 1. The van der Waals surface area contributed by atoms with E-state index in [2.05, 4.69) is 15.2 Å². The lowest BCUT2D eigenvalue weighted by atomic mass is 10.2. The van der Waals surface area contributed by atoms with Gasteiger partial charge in [0.2, 0.25) is 0 Å². The number of hydrogen-bond acceptors (Lipinski definition) is 3. The van der Waals surface area contributed by atoms with Crippen LogP contribution in [0.4, 0.5) is 4.39 Å². The third kappa shape index (κ3) is 2.65. The Morgan fingerprint density at radius 1 is 1.56 bits per heavy atom. The molecular weight excluding hydrogens is 259 g/mol. The molecule has 0 fully saturated rings. The van der Waals surface area contributed by atoms with Gasteiger partial charge in [-0.3, -0.25) is 9.89 Å². The molecule has 0 spiro atoms. The van der Waals surface area contributed by atoms with Crippen molar-refractivity contribution in [2.45, 2.75) is 6.54 Å². The van der Waals surface area contributed by atoms with Crippen LogP contribution in [-0.2, 0) is 6.54 Å². The molecule has 7 heteroatoms. The largest absolute Gasteiger partial charge is 0.334 e. The number of rotatable bonds is 3. The monoisotopic (exact) mass is 268 g/mol. The van der Waals surface area contributed by atoms with E-state index < -0.39 is 5.82 Å². The predicted octanol–water partition coefficient (Wildman–Crippen LogP) is 1.87. The number of aromatic nitrogens is 3. The molecule has 1 aromatic carbocycles. The Morgan fingerprint density at radius 2 is 2.33 bits per heavy atom. The summed E-state index contributed by atoms with van der Waals surface area (Å²) in [4.78, 5) is 17.4. The number of amides is 1. The summed E-state index contributed by atoms with van der Waals surface area (Å²) in [5, 5.41) is 6.42. The van der Waals surface area contributed by atoms with Gasteiger partial charge in [-0.2, -0.15) is 5.10 Å². The first-order chi connectivity index (χ1) is 8.58. The predicted molar refractivity (Wildman–Crippen MR) is 63.6 cm³/mol. The summed E-state index contributed by atoms with van der Waals surface area (Å²) < 4.78 is 12.9. The SMILES string of the molecule is CN(Cc1ncn[nH]1)C(=O)c1ccc(F)cc1Cl. The van der Waals surface area contributed by atoms with Crippen LogP contribution in [0.5, 0.6) is 0 Å². The van der Waals surface area contributed by atoms with Gasteiger partial charge in [0.15, 0.2) is 0 Å². The lowest BCUT2D eigenvalue weighted by molar-refractivity contribution is 0.0782. The number of benzene rings is 1. The minimum Gasteiger partial charge on any atom is -0.334 e. The minimum atomic E-state index is -0.477. The number of nitrogens with one attached hydrogen (secondary N) is 1. The van der Waals surface area contributed by atoms with Crippen LogP contribution in [-0.4, -0.2) is 33.0 Å². The Morgan fingerprint density at radius 3 is 2.94 bits per heavy atom. The Labute approximate surface area is 108 Å². The highest BCUT2D eigenvalue weighted by Crippen LogP contribution is 2.19. The van der Waals surface area contributed by atoms with E-state index in [1.807, 2.05) is 0 Å². The first-order valence-electron chi connectivity index (χ1n) is 5.12. The molecule has 0 unspecified atom stereocenters. The normalized spacial score (nSPS) is 10.4. The number of carbonyl (C=O) groups excluding carboxylic acids is 1. The van der Waals surface area contributed by atoms with E-state index in [-0.39, 0.29) is 23.0 Å². The molecule has 0 saturated heterocycles. The second kappa shape index (κ2) is 5.14. The molecule has 18 heavy (non-hydrogen) atoms. The molecule has 1 aromatic heterocycles. The Kier molecular flexibility index (Phi) is 3.57. The van der Waals surface area contributed by atoms with E-state index in [1.54, 1.807) is 7.05 Å². The third-order valence-corrected chi connectivity index (χ3v) is 2.67. The summed E-state index contributed by atoms with van der Waals surface area (Å²) in [7, 11) is 1.60. The van der Waals surface area contributed by atoms with Crippen LogP contribution in [0, 0.1) is 5.82 Å². The van der Waals surface area contributed by atoms with Gasteiger partial charge in [0.05, 0.1) is 17.1 Å². The molecule has 0 saturated carbocycles. The maximum atomic E-state index is 12.9. The Hall–Kier alpha value is -1.95. The van der Waals surface area contributed by atoms with Crippen molar-refractivity contribution in [3.8, 4) is 0 Å². The fourth-order valence-corrected chi connectivity index (χ4v) is 1.72. The van der Waals surface area contributed by atoms with Crippen LogP contribution in [0.25, 0.3) is 0 Å². The second-order valence-corrected chi connectivity index (χ2v) is 4.12. The van der Waals surface area contributed by atoms with Gasteiger partial charge in [-0.05, 0) is 18.2 Å². The highest BCUT2D eigenvalue weighted by molar-refractivity contribution is 6.33. The van der Waals surface area contributed by atoms with Crippen molar-refractivity contribution in [3.63, 3.8) is 0 Å². The quantitative estimate of drug-likeness (QED) is 0.924. The van der Waals surface area contributed by atoms with Crippen LogP contribution in [0.1, 0.15) is 16.2 Å². The van der Waals surface area contributed by atoms with Gasteiger partial charge in [0.25, 0.3) is 5.91 Å². The van der Waals surface area contributed by atoms with Crippen LogP contribution in [0.2, 0.25) is 5.02 Å². The lowest BCUT2D eigenvalue weighted by Crippen LogP contribution is -2.27. The van der Waals surface area contributed by atoms with Crippen molar-refractivity contribution >= 4 is 17.5 Å². The molecule has 2 aromatic rings. The van der Waals surface area contributed by atoms with Crippen LogP contribution in [0.15, 0.2) is 24.5 Å². The van der Waals surface area contributed by atoms with E-state index >= 15 is 0 Å². The van der Waals surface area contributed by atoms with E-state index in [1.165, 1.54) is 23.4 Å². The lowest BCUT2D eigenvalue weighted by Gasteiger charge is -2.16. The third-order valence-electron chi connectivity index (χ3n) is 2.36. The van der Waals surface area contributed by atoms with E-state index in [0.717, 1.165) is 6.07 Å². The van der Waals surface area contributed by atoms with Gasteiger partial charge in [-0.15, -0.1) is 0 Å². The van der Waals surface area contributed by atoms with E-state index in [4.69, 9.17) is 11.6 Å². The number of halogens is 2. The number of aromatic amines is 1.